The average Bonchev–Trinajstić information content (AvgIpc) is 3.01. The van der Waals surface area contributed by atoms with E-state index in [2.05, 4.69) is 15.0 Å². The SMILES string of the molecule is COC(=O)C1=CC(NC(=O)c2nc(N(N)Cl)cn2C)CN1C. The summed E-state index contributed by atoms with van der Waals surface area (Å²) >= 11 is 5.59. The van der Waals surface area contributed by atoms with E-state index in [9.17, 15) is 9.59 Å². The highest BCUT2D eigenvalue weighted by molar-refractivity contribution is 6.24. The first-order valence-corrected chi connectivity index (χ1v) is 6.73. The number of nitrogens with two attached hydrogens (primary N) is 1. The fourth-order valence-corrected chi connectivity index (χ4v) is 2.26. The molecule has 22 heavy (non-hydrogen) atoms. The lowest BCUT2D eigenvalue weighted by Crippen LogP contribution is -2.38. The van der Waals surface area contributed by atoms with Gasteiger partial charge in [-0.2, -0.15) is 4.53 Å². The third-order valence-corrected chi connectivity index (χ3v) is 3.41. The van der Waals surface area contributed by atoms with Crippen LogP contribution in [0.3, 0.4) is 0 Å². The molecule has 120 valence electrons. The van der Waals surface area contributed by atoms with Crippen LogP contribution in [0.15, 0.2) is 18.0 Å². The zero-order valence-corrected chi connectivity index (χ0v) is 13.2. The number of imidazole rings is 1. The molecule has 0 bridgehead atoms. The average molecular weight is 329 g/mol. The zero-order valence-electron chi connectivity index (χ0n) is 12.4. The highest BCUT2D eigenvalue weighted by atomic mass is 35.5. The van der Waals surface area contributed by atoms with Crippen molar-refractivity contribution in [3.05, 3.63) is 23.8 Å². The molecular formula is C12H17ClN6O3. The Balaban J connectivity index is 2.10. The Morgan fingerprint density at radius 1 is 1.55 bits per heavy atom. The van der Waals surface area contributed by atoms with Gasteiger partial charge in [0.25, 0.3) is 5.91 Å². The number of aryl methyl sites for hydroxylation is 1. The number of methoxy groups -OCH3 is 1. The lowest BCUT2D eigenvalue weighted by molar-refractivity contribution is -0.137. The van der Waals surface area contributed by atoms with E-state index in [0.29, 0.717) is 12.2 Å². The third-order valence-electron chi connectivity index (χ3n) is 3.24. The van der Waals surface area contributed by atoms with Gasteiger partial charge in [0.2, 0.25) is 5.82 Å². The number of amides is 1. The van der Waals surface area contributed by atoms with Crippen LogP contribution in [-0.2, 0) is 16.6 Å². The number of hydrogen-bond donors (Lipinski definition) is 2. The molecule has 9 nitrogen and oxygen atoms in total. The van der Waals surface area contributed by atoms with Gasteiger partial charge in [-0.3, -0.25) is 4.79 Å². The van der Waals surface area contributed by atoms with Gasteiger partial charge in [-0.15, -0.1) is 0 Å². The predicted molar refractivity (Wildman–Crippen MR) is 79.7 cm³/mol. The number of ether oxygens (including phenoxy) is 1. The third kappa shape index (κ3) is 3.15. The number of rotatable bonds is 4. The smallest absolute Gasteiger partial charge is 0.354 e. The van der Waals surface area contributed by atoms with Crippen molar-refractivity contribution < 1.29 is 14.3 Å². The Labute approximate surface area is 132 Å². The first-order chi connectivity index (χ1) is 10.3. The van der Waals surface area contributed by atoms with Crippen LogP contribution in [0.5, 0.6) is 0 Å². The number of likely N-dealkylation sites (N-methyl/N-ethyl adjacent to an activating group) is 1. The van der Waals surface area contributed by atoms with Crippen LogP contribution in [0.4, 0.5) is 5.82 Å². The molecule has 3 N–H and O–H groups in total. The standard InChI is InChI=1S/C12H17ClN6O3/c1-17-5-7(4-8(17)12(21)22-3)15-11(20)10-16-9(19(13)14)6-18(10)2/h4,6-7H,5,14H2,1-3H3,(H,15,20). The Morgan fingerprint density at radius 3 is 2.77 bits per heavy atom. The number of esters is 1. The number of nitrogens with one attached hydrogen (secondary N) is 1. The summed E-state index contributed by atoms with van der Waals surface area (Å²) in [5.74, 6) is 4.94. The molecule has 1 aliphatic rings. The van der Waals surface area contributed by atoms with E-state index in [-0.39, 0.29) is 17.7 Å². The van der Waals surface area contributed by atoms with Crippen molar-refractivity contribution in [2.75, 3.05) is 25.2 Å². The van der Waals surface area contributed by atoms with Gasteiger partial charge in [0.15, 0.2) is 5.82 Å². The van der Waals surface area contributed by atoms with E-state index in [1.54, 1.807) is 25.1 Å². The van der Waals surface area contributed by atoms with Crippen LogP contribution in [-0.4, -0.2) is 53.1 Å². The minimum atomic E-state index is -0.445. The highest BCUT2D eigenvalue weighted by Crippen LogP contribution is 2.16. The number of nitrogens with zero attached hydrogens (tertiary/aromatic N) is 4. The Hall–Kier alpha value is -2.26. The van der Waals surface area contributed by atoms with Gasteiger partial charge < -0.3 is 19.5 Å². The zero-order chi connectivity index (χ0) is 16.4. The maximum absolute atomic E-state index is 12.2. The van der Waals surface area contributed by atoms with E-state index in [0.717, 1.165) is 4.53 Å². The number of carbonyl (C=O) groups is 2. The van der Waals surface area contributed by atoms with Crippen LogP contribution in [0.25, 0.3) is 0 Å². The molecule has 2 rings (SSSR count). The van der Waals surface area contributed by atoms with Crippen LogP contribution < -0.4 is 15.7 Å². The van der Waals surface area contributed by atoms with Gasteiger partial charge in [0, 0.05) is 32.4 Å². The summed E-state index contributed by atoms with van der Waals surface area (Å²) in [5.41, 5.74) is 0.405. The minimum Gasteiger partial charge on any atom is -0.464 e. The molecule has 1 aliphatic heterocycles. The van der Waals surface area contributed by atoms with Gasteiger partial charge >= 0.3 is 5.97 Å². The number of aromatic nitrogens is 2. The van der Waals surface area contributed by atoms with Gasteiger partial charge in [-0.05, 0) is 6.08 Å². The molecule has 1 aromatic rings. The predicted octanol–water partition coefficient (Wildman–Crippen LogP) is -0.645. The van der Waals surface area contributed by atoms with E-state index < -0.39 is 11.9 Å². The van der Waals surface area contributed by atoms with Gasteiger partial charge in [0.1, 0.15) is 5.70 Å². The fourth-order valence-electron chi connectivity index (χ4n) is 2.18. The number of anilines is 1. The van der Waals surface area contributed by atoms with Crippen LogP contribution in [0, 0.1) is 0 Å². The molecule has 1 unspecified atom stereocenters. The number of carbonyl (C=O) groups excluding carboxylic acids is 2. The minimum absolute atomic E-state index is 0.161. The summed E-state index contributed by atoms with van der Waals surface area (Å²) in [6, 6.07) is -0.322. The molecule has 1 amide bonds. The number of hydrogen-bond acceptors (Lipinski definition) is 7. The van der Waals surface area contributed by atoms with Crippen molar-refractivity contribution in [2.45, 2.75) is 6.04 Å². The largest absolute Gasteiger partial charge is 0.464 e. The summed E-state index contributed by atoms with van der Waals surface area (Å²) in [6.45, 7) is 0.464. The van der Waals surface area contributed by atoms with E-state index in [1.165, 1.54) is 17.9 Å². The Bertz CT molecular complexity index is 626. The Morgan fingerprint density at radius 2 is 2.23 bits per heavy atom. The summed E-state index contributed by atoms with van der Waals surface area (Å²) in [4.78, 5) is 29.6. The lowest BCUT2D eigenvalue weighted by Gasteiger charge is -2.16. The molecule has 0 saturated heterocycles. The number of halogens is 1. The van der Waals surface area contributed by atoms with Crippen molar-refractivity contribution in [2.24, 2.45) is 12.9 Å². The molecule has 0 saturated carbocycles. The molecule has 10 heteroatoms. The maximum atomic E-state index is 12.2. The molecule has 0 radical (unpaired) electrons. The fraction of sp³-hybridized carbons (Fsp3) is 0.417. The van der Waals surface area contributed by atoms with Crippen LogP contribution >= 0.6 is 11.8 Å². The molecule has 1 atom stereocenters. The number of hydrazine groups is 1. The molecule has 2 heterocycles. The molecule has 0 aromatic carbocycles. The second-order valence-electron chi connectivity index (χ2n) is 4.85. The highest BCUT2D eigenvalue weighted by Gasteiger charge is 2.28. The normalized spacial score (nSPS) is 17.2. The van der Waals surface area contributed by atoms with Crippen molar-refractivity contribution in [1.82, 2.24) is 19.8 Å². The molecule has 1 aromatic heterocycles. The first-order valence-electron chi connectivity index (χ1n) is 6.39. The molecule has 0 aliphatic carbocycles. The van der Waals surface area contributed by atoms with Crippen molar-refractivity contribution in [3.8, 4) is 0 Å². The maximum Gasteiger partial charge on any atom is 0.354 e. The monoisotopic (exact) mass is 328 g/mol. The van der Waals surface area contributed by atoms with E-state index in [1.807, 2.05) is 0 Å². The molecule has 0 fully saturated rings. The van der Waals surface area contributed by atoms with Gasteiger partial charge in [-0.25, -0.2) is 15.6 Å². The second kappa shape index (κ2) is 6.24. The van der Waals surface area contributed by atoms with Gasteiger partial charge in [-0.1, -0.05) is 0 Å². The van der Waals surface area contributed by atoms with Crippen molar-refractivity contribution in [1.29, 1.82) is 0 Å². The molecule has 0 spiro atoms. The first kappa shape index (κ1) is 16.1. The second-order valence-corrected chi connectivity index (χ2v) is 5.21. The summed E-state index contributed by atoms with van der Waals surface area (Å²) < 4.78 is 6.99. The van der Waals surface area contributed by atoms with Gasteiger partial charge in [0.05, 0.1) is 19.3 Å². The summed E-state index contributed by atoms with van der Waals surface area (Å²) in [7, 11) is 4.71. The van der Waals surface area contributed by atoms with E-state index >= 15 is 0 Å². The summed E-state index contributed by atoms with van der Waals surface area (Å²) in [6.07, 6.45) is 3.17. The van der Waals surface area contributed by atoms with E-state index in [4.69, 9.17) is 17.6 Å². The van der Waals surface area contributed by atoms with Crippen LogP contribution in [0.1, 0.15) is 10.6 Å². The van der Waals surface area contributed by atoms with Crippen molar-refractivity contribution >= 4 is 29.5 Å². The Kier molecular flexibility index (Phi) is 4.57. The van der Waals surface area contributed by atoms with Crippen molar-refractivity contribution in [3.63, 3.8) is 0 Å². The topological polar surface area (TPSA) is 106 Å². The van der Waals surface area contributed by atoms with Crippen LogP contribution in [0.2, 0.25) is 0 Å². The quantitative estimate of drug-likeness (QED) is 0.327. The molecular weight excluding hydrogens is 312 g/mol. The summed E-state index contributed by atoms with van der Waals surface area (Å²) in [5, 5.41) is 2.78. The lowest BCUT2D eigenvalue weighted by atomic mass is 10.3.